The average molecular weight is 522 g/mol. The van der Waals surface area contributed by atoms with Crippen molar-refractivity contribution in [3.05, 3.63) is 6.33 Å². The fourth-order valence-electron chi connectivity index (χ4n) is 2.75. The summed E-state index contributed by atoms with van der Waals surface area (Å²) in [5.41, 5.74) is 11.4. The molecule has 1 saturated heterocycles. The summed E-state index contributed by atoms with van der Waals surface area (Å²) in [7, 11) is -16.7. The number of ether oxygens (including phenoxy) is 1. The second kappa shape index (κ2) is 8.66. The number of phosphoric ester groups is 1. The zero-order valence-corrected chi connectivity index (χ0v) is 18.1. The number of aliphatic hydroxyl groups excluding tert-OH is 2. The molecule has 0 bridgehead atoms. The molecule has 32 heavy (non-hydrogen) atoms. The van der Waals surface area contributed by atoms with Crippen molar-refractivity contribution in [2.75, 3.05) is 18.1 Å². The van der Waals surface area contributed by atoms with Crippen molar-refractivity contribution in [3.63, 3.8) is 0 Å². The van der Waals surface area contributed by atoms with Crippen LogP contribution in [-0.4, -0.2) is 74.2 Å². The second-order valence-corrected chi connectivity index (χ2v) is 10.6. The van der Waals surface area contributed by atoms with Gasteiger partial charge in [0.05, 0.1) is 6.61 Å². The topological polar surface area (TPSA) is 305 Å². The van der Waals surface area contributed by atoms with Gasteiger partial charge >= 0.3 is 23.5 Å². The van der Waals surface area contributed by atoms with E-state index in [0.717, 1.165) is 6.33 Å². The highest BCUT2D eigenvalue weighted by Crippen LogP contribution is 2.66. The van der Waals surface area contributed by atoms with E-state index in [0.29, 0.717) is 0 Å². The molecule has 22 heteroatoms. The zero-order valence-electron chi connectivity index (χ0n) is 15.4. The molecule has 6 atom stereocenters. The Balaban J connectivity index is 1.72. The lowest BCUT2D eigenvalue weighted by atomic mass is 10.1. The summed E-state index contributed by atoms with van der Waals surface area (Å²) >= 11 is 0. The number of nitrogens with two attached hydrogens (primary N) is 2. The third kappa shape index (κ3) is 5.67. The number of aliphatic hydroxyl groups is 2. The minimum atomic E-state index is -5.72. The van der Waals surface area contributed by atoms with Crippen LogP contribution in [0.25, 0.3) is 11.2 Å². The normalized spacial score (nSPS) is 27.9. The van der Waals surface area contributed by atoms with Crippen molar-refractivity contribution < 1.29 is 61.4 Å². The predicted octanol–water partition coefficient (Wildman–Crippen LogP) is -2.05. The van der Waals surface area contributed by atoms with Crippen LogP contribution in [0.3, 0.4) is 0 Å². The molecule has 3 rings (SSSR count). The van der Waals surface area contributed by atoms with Gasteiger partial charge in [0.1, 0.15) is 30.2 Å². The minimum Gasteiger partial charge on any atom is -0.387 e. The Morgan fingerprint density at radius 2 is 1.69 bits per heavy atom. The van der Waals surface area contributed by atoms with Crippen LogP contribution in [0.5, 0.6) is 0 Å². The molecule has 10 N–H and O–H groups in total. The van der Waals surface area contributed by atoms with Crippen LogP contribution >= 0.6 is 23.5 Å². The lowest BCUT2D eigenvalue weighted by molar-refractivity contribution is -0.0500. The third-order valence-electron chi connectivity index (χ3n) is 3.90. The molecule has 0 amide bonds. The Kier molecular flexibility index (Phi) is 6.78. The summed E-state index contributed by atoms with van der Waals surface area (Å²) in [6.07, 6.45) is -5.03. The molecule has 0 aromatic carbocycles. The standard InChI is InChI=1S/C10H17N6O13P3/c11-7-4-8(15-10(12)14-7)13-2-16(4)9-6(18)5(17)3(27-9)1-26-31(22,23)29-32(24,25)28-30(19,20)21/h2-3,5-6,9,17-18H,1H2,(H,22,23)(H,24,25)(H2,19,20,21)(H4,11,12,14,15)/t3-,5-,6-,9-/m1/s1. The Hall–Kier alpha value is -1.56. The van der Waals surface area contributed by atoms with Gasteiger partial charge in [-0.1, -0.05) is 0 Å². The number of hydrogen-bond donors (Lipinski definition) is 8. The number of nitrogen functional groups attached to an aromatic ring is 2. The number of fused-ring (bicyclic) bond motifs is 1. The fourth-order valence-corrected chi connectivity index (χ4v) is 5.78. The number of aromatic nitrogens is 4. The van der Waals surface area contributed by atoms with Crippen LogP contribution in [0.2, 0.25) is 0 Å². The summed E-state index contributed by atoms with van der Waals surface area (Å²) in [6, 6.07) is 0. The number of hydrogen-bond acceptors (Lipinski definition) is 14. The maximum Gasteiger partial charge on any atom is 0.490 e. The van der Waals surface area contributed by atoms with E-state index >= 15 is 0 Å². The van der Waals surface area contributed by atoms with Gasteiger partial charge in [-0.3, -0.25) is 9.09 Å². The molecule has 2 aromatic rings. The molecule has 0 saturated carbocycles. The van der Waals surface area contributed by atoms with Crippen LogP contribution in [0.15, 0.2) is 6.33 Å². The van der Waals surface area contributed by atoms with Crippen LogP contribution < -0.4 is 11.5 Å². The van der Waals surface area contributed by atoms with Gasteiger partial charge in [0, 0.05) is 0 Å². The maximum atomic E-state index is 11.8. The molecule has 1 aliphatic rings. The summed E-state index contributed by atoms with van der Waals surface area (Å²) < 4.78 is 51.9. The lowest BCUT2D eigenvalue weighted by Crippen LogP contribution is -2.33. The first-order valence-electron chi connectivity index (χ1n) is 8.14. The minimum absolute atomic E-state index is 0.0528. The van der Waals surface area contributed by atoms with E-state index in [2.05, 4.69) is 28.1 Å². The third-order valence-corrected chi connectivity index (χ3v) is 7.70. The van der Waals surface area contributed by atoms with Crippen molar-refractivity contribution in [1.82, 2.24) is 19.5 Å². The second-order valence-electron chi connectivity index (χ2n) is 6.22. The van der Waals surface area contributed by atoms with Gasteiger partial charge in [-0.25, -0.2) is 18.7 Å². The van der Waals surface area contributed by atoms with E-state index in [9.17, 15) is 28.8 Å². The SMILES string of the molecule is Nc1nc(N)c2c(ncn2[C@@H]2O[C@H](COP(=O)(O)OP(=O)(O)OP(=O)(O)O)[C@@H](O)[C@H]2O)n1. The first-order valence-corrected chi connectivity index (χ1v) is 12.7. The molecule has 1 fully saturated rings. The highest BCUT2D eigenvalue weighted by Gasteiger charge is 2.47. The van der Waals surface area contributed by atoms with Crippen LogP contribution in [0, 0.1) is 0 Å². The molecule has 2 aromatic heterocycles. The van der Waals surface area contributed by atoms with Crippen LogP contribution in [0.1, 0.15) is 6.23 Å². The summed E-state index contributed by atoms with van der Waals surface area (Å²) in [4.78, 5) is 47.2. The Morgan fingerprint density at radius 1 is 1.03 bits per heavy atom. The molecule has 1 aliphatic heterocycles. The van der Waals surface area contributed by atoms with E-state index in [1.54, 1.807) is 0 Å². The quantitative estimate of drug-likeness (QED) is 0.173. The van der Waals surface area contributed by atoms with E-state index in [4.69, 9.17) is 30.9 Å². The Morgan fingerprint density at radius 3 is 2.31 bits per heavy atom. The van der Waals surface area contributed by atoms with Crippen molar-refractivity contribution >= 4 is 46.4 Å². The monoisotopic (exact) mass is 522 g/mol. The van der Waals surface area contributed by atoms with Crippen LogP contribution in [-0.2, 0) is 31.6 Å². The zero-order chi connectivity index (χ0) is 24.1. The van der Waals surface area contributed by atoms with Gasteiger partial charge in [0.2, 0.25) is 5.95 Å². The van der Waals surface area contributed by atoms with Crippen molar-refractivity contribution in [2.24, 2.45) is 0 Å². The van der Waals surface area contributed by atoms with E-state index in [1.807, 2.05) is 0 Å². The molecular weight excluding hydrogens is 505 g/mol. The van der Waals surface area contributed by atoms with E-state index in [1.165, 1.54) is 4.57 Å². The number of imidazole rings is 1. The average Bonchev–Trinajstić information content (AvgIpc) is 3.12. The summed E-state index contributed by atoms with van der Waals surface area (Å²) in [5.74, 6) is -0.283. The number of rotatable bonds is 8. The predicted molar refractivity (Wildman–Crippen MR) is 99.9 cm³/mol. The Labute approximate surface area is 177 Å². The molecule has 0 aliphatic carbocycles. The fraction of sp³-hybridized carbons (Fsp3) is 0.500. The van der Waals surface area contributed by atoms with Gasteiger partial charge in [-0.2, -0.15) is 18.6 Å². The molecular formula is C10H17N6O13P3. The lowest BCUT2D eigenvalue weighted by Gasteiger charge is -2.19. The molecule has 0 spiro atoms. The molecule has 0 radical (unpaired) electrons. The first-order chi connectivity index (χ1) is 14.6. The van der Waals surface area contributed by atoms with Crippen molar-refractivity contribution in [3.8, 4) is 0 Å². The van der Waals surface area contributed by atoms with Crippen LogP contribution in [0.4, 0.5) is 11.8 Å². The van der Waals surface area contributed by atoms with Gasteiger partial charge in [-0.15, -0.1) is 0 Å². The molecule has 2 unspecified atom stereocenters. The highest BCUT2D eigenvalue weighted by molar-refractivity contribution is 7.66. The van der Waals surface area contributed by atoms with Crippen molar-refractivity contribution in [1.29, 1.82) is 0 Å². The number of anilines is 2. The maximum absolute atomic E-state index is 11.8. The Bertz CT molecular complexity index is 1150. The van der Waals surface area contributed by atoms with Gasteiger partial charge < -0.3 is 46.0 Å². The smallest absolute Gasteiger partial charge is 0.387 e. The van der Waals surface area contributed by atoms with Gasteiger partial charge in [0.15, 0.2) is 17.7 Å². The van der Waals surface area contributed by atoms with Gasteiger partial charge in [0.25, 0.3) is 0 Å². The largest absolute Gasteiger partial charge is 0.490 e. The molecule has 180 valence electrons. The number of phosphoric acid groups is 3. The van der Waals surface area contributed by atoms with E-state index in [-0.39, 0.29) is 22.9 Å². The summed E-state index contributed by atoms with van der Waals surface area (Å²) in [6.45, 7) is -0.982. The van der Waals surface area contributed by atoms with E-state index < -0.39 is 54.6 Å². The number of nitrogens with zero attached hydrogens (tertiary/aromatic N) is 4. The highest BCUT2D eigenvalue weighted by atomic mass is 31.3. The molecule has 19 nitrogen and oxygen atoms in total. The van der Waals surface area contributed by atoms with Gasteiger partial charge in [-0.05, 0) is 0 Å². The summed E-state index contributed by atoms with van der Waals surface area (Å²) in [5, 5.41) is 20.5. The first kappa shape index (κ1) is 25.1. The molecule has 3 heterocycles. The van der Waals surface area contributed by atoms with Crippen molar-refractivity contribution in [2.45, 2.75) is 24.5 Å².